The molecule has 0 saturated carbocycles. The highest BCUT2D eigenvalue weighted by Gasteiger charge is 1.59. The summed E-state index contributed by atoms with van der Waals surface area (Å²) in [4.78, 5) is 0. The standard InChI is InChI=1S/C3H8N2.C2H6O2.C2H4/c1-2-3(4)5;3-1-2-4;1-2/h2H,4-5H2,1H3;3-4H,1-2H2;1-2H2. The van der Waals surface area contributed by atoms with Crippen LogP contribution in [0, 0.1) is 0 Å². The van der Waals surface area contributed by atoms with Crippen LogP contribution in [0.2, 0.25) is 0 Å². The van der Waals surface area contributed by atoms with Gasteiger partial charge in [0.25, 0.3) is 0 Å². The van der Waals surface area contributed by atoms with Crippen LogP contribution < -0.4 is 11.5 Å². The summed E-state index contributed by atoms with van der Waals surface area (Å²) in [5, 5.41) is 15.2. The normalized spacial score (nSPS) is 6.09. The van der Waals surface area contributed by atoms with Gasteiger partial charge in [0.15, 0.2) is 0 Å². The molecule has 0 radical (unpaired) electrons. The molecule has 0 aromatic carbocycles. The van der Waals surface area contributed by atoms with Gasteiger partial charge in [-0.25, -0.2) is 0 Å². The highest BCUT2D eigenvalue weighted by atomic mass is 16.3. The fourth-order valence-electron chi connectivity index (χ4n) is 0. The van der Waals surface area contributed by atoms with Crippen LogP contribution in [-0.2, 0) is 0 Å². The monoisotopic (exact) mass is 162 g/mol. The molecule has 4 heteroatoms. The molecule has 68 valence electrons. The number of hydrogen-bond donors (Lipinski definition) is 4. The van der Waals surface area contributed by atoms with E-state index in [1.165, 1.54) is 0 Å². The van der Waals surface area contributed by atoms with Crippen molar-refractivity contribution < 1.29 is 10.2 Å². The van der Waals surface area contributed by atoms with Crippen LogP contribution in [0.4, 0.5) is 0 Å². The van der Waals surface area contributed by atoms with Crippen molar-refractivity contribution >= 4 is 0 Å². The molecule has 0 fully saturated rings. The van der Waals surface area contributed by atoms with Gasteiger partial charge in [0.2, 0.25) is 0 Å². The molecule has 0 unspecified atom stereocenters. The maximum Gasteiger partial charge on any atom is 0.0889 e. The molecule has 0 aliphatic heterocycles. The summed E-state index contributed by atoms with van der Waals surface area (Å²) in [6.07, 6.45) is 1.64. The van der Waals surface area contributed by atoms with Gasteiger partial charge in [-0.2, -0.15) is 0 Å². The van der Waals surface area contributed by atoms with Gasteiger partial charge in [-0.15, -0.1) is 13.2 Å². The Hall–Kier alpha value is -1.00. The lowest BCUT2D eigenvalue weighted by Gasteiger charge is -1.78. The van der Waals surface area contributed by atoms with E-state index >= 15 is 0 Å². The molecule has 0 atom stereocenters. The van der Waals surface area contributed by atoms with Crippen molar-refractivity contribution in [2.45, 2.75) is 6.92 Å². The predicted molar refractivity (Wildman–Crippen MR) is 47.6 cm³/mol. The molecule has 0 rings (SSSR count). The van der Waals surface area contributed by atoms with Crippen LogP contribution >= 0.6 is 0 Å². The summed E-state index contributed by atoms with van der Waals surface area (Å²) >= 11 is 0. The molecular formula is C7H18N2O2. The van der Waals surface area contributed by atoms with Crippen LogP contribution in [-0.4, -0.2) is 23.4 Å². The van der Waals surface area contributed by atoms with Gasteiger partial charge >= 0.3 is 0 Å². The van der Waals surface area contributed by atoms with E-state index in [-0.39, 0.29) is 13.2 Å². The minimum atomic E-state index is -0.125. The Morgan fingerprint density at radius 2 is 1.45 bits per heavy atom. The molecular weight excluding hydrogens is 144 g/mol. The molecule has 0 spiro atoms. The number of aliphatic hydroxyl groups is 2. The minimum absolute atomic E-state index is 0.125. The molecule has 0 bridgehead atoms. The van der Waals surface area contributed by atoms with Crippen molar-refractivity contribution in [3.05, 3.63) is 25.1 Å². The molecule has 6 N–H and O–H groups in total. The van der Waals surface area contributed by atoms with Crippen molar-refractivity contribution in [3.8, 4) is 0 Å². The van der Waals surface area contributed by atoms with E-state index in [0.717, 1.165) is 0 Å². The van der Waals surface area contributed by atoms with Crippen LogP contribution in [0.3, 0.4) is 0 Å². The Balaban J connectivity index is -0.0000000965. The third-order valence-electron chi connectivity index (χ3n) is 0.433. The quantitative estimate of drug-likeness (QED) is 0.392. The lowest BCUT2D eigenvalue weighted by molar-refractivity contribution is 0.186. The average molecular weight is 162 g/mol. The fraction of sp³-hybridized carbons (Fsp3) is 0.429. The number of hydrogen-bond acceptors (Lipinski definition) is 4. The summed E-state index contributed by atoms with van der Waals surface area (Å²) in [5.74, 6) is 0.380. The zero-order valence-electron chi connectivity index (χ0n) is 6.95. The second-order valence-corrected chi connectivity index (χ2v) is 1.24. The van der Waals surface area contributed by atoms with Gasteiger partial charge < -0.3 is 21.7 Å². The van der Waals surface area contributed by atoms with Crippen molar-refractivity contribution in [1.82, 2.24) is 0 Å². The minimum Gasteiger partial charge on any atom is -0.394 e. The summed E-state index contributed by atoms with van der Waals surface area (Å²) in [6, 6.07) is 0. The molecule has 0 heterocycles. The molecule has 0 amide bonds. The van der Waals surface area contributed by atoms with E-state index in [1.54, 1.807) is 13.0 Å². The second-order valence-electron chi connectivity index (χ2n) is 1.24. The van der Waals surface area contributed by atoms with Gasteiger partial charge in [-0.05, 0) is 13.0 Å². The third kappa shape index (κ3) is 110. The SMILES string of the molecule is C=C.CC=C(N)N.OCCO. The average Bonchev–Trinajstić information content (AvgIpc) is 2.08. The van der Waals surface area contributed by atoms with Gasteiger partial charge in [0.1, 0.15) is 0 Å². The first kappa shape index (κ1) is 16.5. The zero-order chi connectivity index (χ0) is 9.70. The van der Waals surface area contributed by atoms with Crippen LogP contribution in [0.15, 0.2) is 25.1 Å². The fourth-order valence-corrected chi connectivity index (χ4v) is 0. The van der Waals surface area contributed by atoms with Crippen molar-refractivity contribution in [3.63, 3.8) is 0 Å². The summed E-state index contributed by atoms with van der Waals surface area (Å²) in [7, 11) is 0. The number of aliphatic hydroxyl groups excluding tert-OH is 2. The number of nitrogens with two attached hydrogens (primary N) is 2. The molecule has 0 aliphatic carbocycles. The molecule has 0 saturated heterocycles. The van der Waals surface area contributed by atoms with E-state index in [9.17, 15) is 0 Å². The molecule has 0 aliphatic rings. The molecule has 11 heavy (non-hydrogen) atoms. The van der Waals surface area contributed by atoms with E-state index in [2.05, 4.69) is 13.2 Å². The maximum absolute atomic E-state index is 7.62. The summed E-state index contributed by atoms with van der Waals surface area (Å²) in [6.45, 7) is 7.54. The van der Waals surface area contributed by atoms with Crippen molar-refractivity contribution in [1.29, 1.82) is 0 Å². The number of allylic oxidation sites excluding steroid dienone is 1. The first-order valence-corrected chi connectivity index (χ1v) is 3.08. The molecule has 0 aromatic rings. The Kier molecular flexibility index (Phi) is 34.6. The molecule has 4 nitrogen and oxygen atoms in total. The van der Waals surface area contributed by atoms with Gasteiger partial charge in [-0.3, -0.25) is 0 Å². The summed E-state index contributed by atoms with van der Waals surface area (Å²) < 4.78 is 0. The van der Waals surface area contributed by atoms with Crippen LogP contribution in [0.5, 0.6) is 0 Å². The Morgan fingerprint density at radius 1 is 1.27 bits per heavy atom. The highest BCUT2D eigenvalue weighted by molar-refractivity contribution is 4.84. The predicted octanol–water partition coefficient (Wildman–Crippen LogP) is -0.462. The van der Waals surface area contributed by atoms with Gasteiger partial charge in [0, 0.05) is 0 Å². The largest absolute Gasteiger partial charge is 0.394 e. The zero-order valence-corrected chi connectivity index (χ0v) is 6.95. The first-order valence-electron chi connectivity index (χ1n) is 3.08. The van der Waals surface area contributed by atoms with Crippen LogP contribution in [0.25, 0.3) is 0 Å². The summed E-state index contributed by atoms with van der Waals surface area (Å²) in [5.41, 5.74) is 9.86. The lowest BCUT2D eigenvalue weighted by atomic mass is 10.6. The van der Waals surface area contributed by atoms with Gasteiger partial charge in [0.05, 0.1) is 19.0 Å². The van der Waals surface area contributed by atoms with E-state index < -0.39 is 0 Å². The van der Waals surface area contributed by atoms with Crippen molar-refractivity contribution in [2.75, 3.05) is 13.2 Å². The second kappa shape index (κ2) is 23.0. The maximum atomic E-state index is 7.62. The smallest absolute Gasteiger partial charge is 0.0889 e. The Morgan fingerprint density at radius 3 is 1.45 bits per heavy atom. The van der Waals surface area contributed by atoms with Crippen molar-refractivity contribution in [2.24, 2.45) is 11.5 Å². The Bertz CT molecular complexity index is 78.5. The number of rotatable bonds is 1. The Labute approximate surface area is 67.8 Å². The van der Waals surface area contributed by atoms with E-state index in [1.807, 2.05) is 0 Å². The van der Waals surface area contributed by atoms with E-state index in [0.29, 0.717) is 5.82 Å². The lowest BCUT2D eigenvalue weighted by Crippen LogP contribution is -2.06. The topological polar surface area (TPSA) is 92.5 Å². The van der Waals surface area contributed by atoms with Crippen LogP contribution in [0.1, 0.15) is 6.92 Å². The van der Waals surface area contributed by atoms with Gasteiger partial charge in [-0.1, -0.05) is 0 Å². The highest BCUT2D eigenvalue weighted by Crippen LogP contribution is 1.59. The first-order chi connectivity index (χ1) is 5.18. The van der Waals surface area contributed by atoms with E-state index in [4.69, 9.17) is 21.7 Å². The molecule has 0 aromatic heterocycles. The third-order valence-corrected chi connectivity index (χ3v) is 0.433.